The van der Waals surface area contributed by atoms with Crippen molar-refractivity contribution in [3.05, 3.63) is 47.5 Å². The molecular formula is C20H22O9. The zero-order chi connectivity index (χ0) is 21.1. The summed E-state index contributed by atoms with van der Waals surface area (Å²) in [7, 11) is 0. The van der Waals surface area contributed by atoms with Crippen LogP contribution in [0.1, 0.15) is 11.1 Å². The van der Waals surface area contributed by atoms with Crippen molar-refractivity contribution < 1.29 is 45.2 Å². The van der Waals surface area contributed by atoms with Gasteiger partial charge in [-0.15, -0.1) is 0 Å². The standard InChI is InChI=1S/C20H22O9/c21-9-16-17(25)18(26)19(27)20(29-16)28-14-4-3-11(15(24)8-14)2-1-10-5-12(22)7-13(23)6-10/h1-8,16-27H,9H2/b2-1-/t16-,17-,18+,19-,20-/m1/s1. The van der Waals surface area contributed by atoms with E-state index in [2.05, 4.69) is 0 Å². The summed E-state index contributed by atoms with van der Waals surface area (Å²) in [5.74, 6) is -0.235. The van der Waals surface area contributed by atoms with E-state index in [1.165, 1.54) is 36.4 Å². The fraction of sp³-hybridized carbons (Fsp3) is 0.300. The number of benzene rings is 2. The number of aliphatic hydroxyl groups excluding tert-OH is 4. The van der Waals surface area contributed by atoms with Crippen LogP contribution in [0.4, 0.5) is 0 Å². The summed E-state index contributed by atoms with van der Waals surface area (Å²) in [6.07, 6.45) is -3.95. The van der Waals surface area contributed by atoms with Gasteiger partial charge in [0, 0.05) is 17.7 Å². The highest BCUT2D eigenvalue weighted by Gasteiger charge is 2.44. The normalized spacial score (nSPS) is 27.2. The van der Waals surface area contributed by atoms with E-state index in [1.807, 2.05) is 0 Å². The molecule has 0 bridgehead atoms. The fourth-order valence-corrected chi connectivity index (χ4v) is 2.94. The molecule has 1 heterocycles. The number of aliphatic hydroxyl groups is 4. The SMILES string of the molecule is OC[C@H]1O[C@@H](Oc2ccc(/C=C\c3cc(O)cc(O)c3)c(O)c2)[C@H](O)[C@@H](O)[C@@H]1O. The Bertz CT molecular complexity index is 860. The number of rotatable bonds is 5. The van der Waals surface area contributed by atoms with Gasteiger partial charge in [-0.25, -0.2) is 0 Å². The quantitative estimate of drug-likeness (QED) is 0.343. The molecule has 2 aromatic rings. The lowest BCUT2D eigenvalue weighted by Crippen LogP contribution is -2.60. The first-order valence-electron chi connectivity index (χ1n) is 8.80. The Morgan fingerprint density at radius 1 is 0.862 bits per heavy atom. The fourth-order valence-electron chi connectivity index (χ4n) is 2.94. The zero-order valence-electron chi connectivity index (χ0n) is 15.2. The Kier molecular flexibility index (Phi) is 6.26. The van der Waals surface area contributed by atoms with Crippen molar-refractivity contribution in [2.45, 2.75) is 30.7 Å². The largest absolute Gasteiger partial charge is 0.508 e. The van der Waals surface area contributed by atoms with Gasteiger partial charge in [0.2, 0.25) is 6.29 Å². The first kappa shape index (κ1) is 20.9. The number of aromatic hydroxyl groups is 3. The van der Waals surface area contributed by atoms with E-state index < -0.39 is 37.3 Å². The monoisotopic (exact) mass is 406 g/mol. The van der Waals surface area contributed by atoms with Crippen LogP contribution in [0.25, 0.3) is 12.2 Å². The summed E-state index contributed by atoms with van der Waals surface area (Å²) < 4.78 is 10.7. The first-order chi connectivity index (χ1) is 13.8. The van der Waals surface area contributed by atoms with Gasteiger partial charge in [0.25, 0.3) is 0 Å². The molecule has 1 saturated heterocycles. The van der Waals surface area contributed by atoms with Crippen LogP contribution in [0.15, 0.2) is 36.4 Å². The third-order valence-corrected chi connectivity index (χ3v) is 4.48. The van der Waals surface area contributed by atoms with Gasteiger partial charge in [0.05, 0.1) is 6.61 Å². The van der Waals surface area contributed by atoms with Crippen molar-refractivity contribution in [2.75, 3.05) is 6.61 Å². The maximum atomic E-state index is 10.2. The predicted octanol–water partition coefficient (Wildman–Crippen LogP) is 0.152. The summed E-state index contributed by atoms with van der Waals surface area (Å²) in [6.45, 7) is -0.579. The van der Waals surface area contributed by atoms with Crippen molar-refractivity contribution in [3.8, 4) is 23.0 Å². The maximum absolute atomic E-state index is 10.2. The van der Waals surface area contributed by atoms with Crippen LogP contribution in [-0.4, -0.2) is 73.1 Å². The molecule has 9 nitrogen and oxygen atoms in total. The molecule has 1 fully saturated rings. The van der Waals surface area contributed by atoms with Crippen LogP contribution in [0.3, 0.4) is 0 Å². The lowest BCUT2D eigenvalue weighted by Gasteiger charge is -2.39. The molecule has 3 rings (SSSR count). The molecule has 0 aromatic heterocycles. The summed E-state index contributed by atoms with van der Waals surface area (Å²) in [5, 5.41) is 68.0. The van der Waals surface area contributed by atoms with E-state index in [0.29, 0.717) is 11.1 Å². The molecule has 2 aromatic carbocycles. The van der Waals surface area contributed by atoms with Crippen molar-refractivity contribution >= 4 is 12.2 Å². The Labute approximate surface area is 165 Å². The van der Waals surface area contributed by atoms with Crippen LogP contribution in [0.5, 0.6) is 23.0 Å². The Balaban J connectivity index is 1.73. The molecule has 0 saturated carbocycles. The van der Waals surface area contributed by atoms with Gasteiger partial charge in [-0.05, 0) is 29.8 Å². The second-order valence-electron chi connectivity index (χ2n) is 6.65. The van der Waals surface area contributed by atoms with Gasteiger partial charge in [-0.3, -0.25) is 0 Å². The summed E-state index contributed by atoms with van der Waals surface area (Å²) in [6, 6.07) is 8.34. The second-order valence-corrected chi connectivity index (χ2v) is 6.65. The Morgan fingerprint density at radius 2 is 1.55 bits per heavy atom. The molecule has 0 aliphatic carbocycles. The zero-order valence-corrected chi connectivity index (χ0v) is 15.2. The average Bonchev–Trinajstić information content (AvgIpc) is 2.67. The molecule has 0 amide bonds. The molecule has 5 atom stereocenters. The smallest absolute Gasteiger partial charge is 0.229 e. The van der Waals surface area contributed by atoms with E-state index in [0.717, 1.165) is 0 Å². The van der Waals surface area contributed by atoms with Gasteiger partial charge in [0.15, 0.2) is 0 Å². The molecular weight excluding hydrogens is 384 g/mol. The van der Waals surface area contributed by atoms with Crippen LogP contribution in [-0.2, 0) is 4.74 Å². The molecule has 156 valence electrons. The molecule has 7 N–H and O–H groups in total. The van der Waals surface area contributed by atoms with Crippen LogP contribution in [0.2, 0.25) is 0 Å². The number of phenolic OH excluding ortho intramolecular Hbond substituents is 3. The molecule has 29 heavy (non-hydrogen) atoms. The molecule has 0 spiro atoms. The Morgan fingerprint density at radius 3 is 2.17 bits per heavy atom. The minimum Gasteiger partial charge on any atom is -0.508 e. The highest BCUT2D eigenvalue weighted by Crippen LogP contribution is 2.29. The predicted molar refractivity (Wildman–Crippen MR) is 101 cm³/mol. The minimum atomic E-state index is -1.57. The first-order valence-corrected chi connectivity index (χ1v) is 8.80. The minimum absolute atomic E-state index is 0.0999. The highest BCUT2D eigenvalue weighted by atomic mass is 16.7. The topological polar surface area (TPSA) is 160 Å². The number of hydrogen-bond donors (Lipinski definition) is 7. The third-order valence-electron chi connectivity index (χ3n) is 4.48. The Hall–Kier alpha value is -2.82. The highest BCUT2D eigenvalue weighted by molar-refractivity contribution is 5.73. The van der Waals surface area contributed by atoms with Gasteiger partial charge in [-0.2, -0.15) is 0 Å². The second kappa shape index (κ2) is 8.68. The van der Waals surface area contributed by atoms with E-state index in [9.17, 15) is 35.7 Å². The molecule has 1 aliphatic heterocycles. The van der Waals surface area contributed by atoms with Crippen molar-refractivity contribution in [3.63, 3.8) is 0 Å². The number of ether oxygens (including phenoxy) is 2. The average molecular weight is 406 g/mol. The van der Waals surface area contributed by atoms with Gasteiger partial charge in [-0.1, -0.05) is 12.2 Å². The van der Waals surface area contributed by atoms with Crippen molar-refractivity contribution in [2.24, 2.45) is 0 Å². The van der Waals surface area contributed by atoms with Crippen LogP contribution in [0, 0.1) is 0 Å². The molecule has 9 heteroatoms. The van der Waals surface area contributed by atoms with Gasteiger partial charge < -0.3 is 45.2 Å². The van der Waals surface area contributed by atoms with Gasteiger partial charge in [0.1, 0.15) is 47.4 Å². The van der Waals surface area contributed by atoms with E-state index in [4.69, 9.17) is 9.47 Å². The van der Waals surface area contributed by atoms with E-state index >= 15 is 0 Å². The van der Waals surface area contributed by atoms with Crippen LogP contribution < -0.4 is 4.74 Å². The van der Waals surface area contributed by atoms with Gasteiger partial charge >= 0.3 is 0 Å². The maximum Gasteiger partial charge on any atom is 0.229 e. The third kappa shape index (κ3) is 4.78. The number of phenols is 3. The van der Waals surface area contributed by atoms with Crippen molar-refractivity contribution in [1.29, 1.82) is 0 Å². The van der Waals surface area contributed by atoms with Crippen LogP contribution >= 0.6 is 0 Å². The molecule has 0 radical (unpaired) electrons. The van der Waals surface area contributed by atoms with Crippen molar-refractivity contribution in [1.82, 2.24) is 0 Å². The lowest BCUT2D eigenvalue weighted by atomic mass is 9.99. The molecule has 1 aliphatic rings. The summed E-state index contributed by atoms with van der Waals surface area (Å²) >= 11 is 0. The van der Waals surface area contributed by atoms with E-state index in [-0.39, 0.29) is 23.0 Å². The lowest BCUT2D eigenvalue weighted by molar-refractivity contribution is -0.277. The number of hydrogen-bond acceptors (Lipinski definition) is 9. The summed E-state index contributed by atoms with van der Waals surface area (Å²) in [5.41, 5.74) is 0.928. The van der Waals surface area contributed by atoms with E-state index in [1.54, 1.807) is 12.2 Å². The summed E-state index contributed by atoms with van der Waals surface area (Å²) in [4.78, 5) is 0. The molecule has 0 unspecified atom stereocenters.